The Balaban J connectivity index is 1.27. The van der Waals surface area contributed by atoms with Gasteiger partial charge in [-0.2, -0.15) is 0 Å². The average Bonchev–Trinajstić information content (AvgIpc) is 3.00. The highest BCUT2D eigenvalue weighted by molar-refractivity contribution is 7.22. The number of carbonyl (C=O) groups excluding carboxylic acids is 1. The molecule has 134 valence electrons. The van der Waals surface area contributed by atoms with Crippen molar-refractivity contribution in [1.82, 2.24) is 10.3 Å². The second-order valence-electron chi connectivity index (χ2n) is 6.35. The minimum Gasteiger partial charge on any atom is -0.355 e. The number of nitrogens with zero attached hydrogens (tertiary/aromatic N) is 2. The lowest BCUT2D eigenvalue weighted by Crippen LogP contribution is -2.54. The van der Waals surface area contributed by atoms with E-state index >= 15 is 0 Å². The maximum atomic E-state index is 13.7. The van der Waals surface area contributed by atoms with Crippen LogP contribution in [0, 0.1) is 11.7 Å². The summed E-state index contributed by atoms with van der Waals surface area (Å²) in [6.07, 6.45) is 0.774. The largest absolute Gasteiger partial charge is 0.355 e. The van der Waals surface area contributed by atoms with Crippen molar-refractivity contribution in [1.29, 1.82) is 0 Å². The van der Waals surface area contributed by atoms with E-state index in [1.807, 2.05) is 35.2 Å². The SMILES string of the molecule is O=C(NCCc1ccc(Cl)cc1)C1CN(c2nc3c(F)cccc3s2)C1. The van der Waals surface area contributed by atoms with Crippen LogP contribution in [0.5, 0.6) is 0 Å². The van der Waals surface area contributed by atoms with Crippen LogP contribution in [0.25, 0.3) is 10.2 Å². The van der Waals surface area contributed by atoms with Gasteiger partial charge in [-0.3, -0.25) is 4.79 Å². The molecule has 0 radical (unpaired) electrons. The summed E-state index contributed by atoms with van der Waals surface area (Å²) in [6.45, 7) is 1.84. The molecule has 0 spiro atoms. The van der Waals surface area contributed by atoms with Crippen molar-refractivity contribution in [2.24, 2.45) is 5.92 Å². The third-order valence-electron chi connectivity index (χ3n) is 4.51. The van der Waals surface area contributed by atoms with Gasteiger partial charge in [0.1, 0.15) is 11.3 Å². The van der Waals surface area contributed by atoms with Crippen molar-refractivity contribution in [3.05, 3.63) is 58.9 Å². The van der Waals surface area contributed by atoms with E-state index < -0.39 is 0 Å². The molecular formula is C19H17ClFN3OS. The monoisotopic (exact) mass is 389 g/mol. The van der Waals surface area contributed by atoms with Crippen molar-refractivity contribution in [2.45, 2.75) is 6.42 Å². The maximum absolute atomic E-state index is 13.7. The van der Waals surface area contributed by atoms with Crippen molar-refractivity contribution >= 4 is 44.2 Å². The highest BCUT2D eigenvalue weighted by Gasteiger charge is 2.34. The first-order valence-electron chi connectivity index (χ1n) is 8.42. The normalized spacial score (nSPS) is 14.5. The topological polar surface area (TPSA) is 45.2 Å². The van der Waals surface area contributed by atoms with Crippen molar-refractivity contribution in [3.63, 3.8) is 0 Å². The summed E-state index contributed by atoms with van der Waals surface area (Å²) in [4.78, 5) is 18.6. The second-order valence-corrected chi connectivity index (χ2v) is 7.80. The van der Waals surface area contributed by atoms with Gasteiger partial charge in [0, 0.05) is 24.7 Å². The molecule has 0 aliphatic carbocycles. The molecule has 1 aliphatic heterocycles. The van der Waals surface area contributed by atoms with E-state index in [2.05, 4.69) is 10.3 Å². The standard InChI is InChI=1S/C19H17ClFN3OS/c20-14-6-4-12(5-7-14)8-9-22-18(25)13-10-24(11-13)19-23-17-15(21)2-1-3-16(17)26-19/h1-7,13H,8-11H2,(H,22,25). The fourth-order valence-corrected chi connectivity index (χ4v) is 4.09. The maximum Gasteiger partial charge on any atom is 0.226 e. The fraction of sp³-hybridized carbons (Fsp3) is 0.263. The summed E-state index contributed by atoms with van der Waals surface area (Å²) in [5.74, 6) is -0.290. The first kappa shape index (κ1) is 17.2. The number of aromatic nitrogens is 1. The molecule has 0 bridgehead atoms. The van der Waals surface area contributed by atoms with Crippen LogP contribution in [0.3, 0.4) is 0 Å². The minimum atomic E-state index is -0.304. The van der Waals surface area contributed by atoms with Gasteiger partial charge in [0.2, 0.25) is 5.91 Å². The number of carbonyl (C=O) groups is 1. The van der Waals surface area contributed by atoms with Gasteiger partial charge in [-0.05, 0) is 36.2 Å². The summed E-state index contributed by atoms with van der Waals surface area (Å²) in [5.41, 5.74) is 1.55. The molecule has 1 saturated heterocycles. The predicted molar refractivity (Wildman–Crippen MR) is 103 cm³/mol. The molecule has 1 amide bonds. The summed E-state index contributed by atoms with van der Waals surface area (Å²) in [7, 11) is 0. The number of fused-ring (bicyclic) bond motifs is 1. The number of nitrogens with one attached hydrogen (secondary N) is 1. The molecule has 4 nitrogen and oxygen atoms in total. The highest BCUT2D eigenvalue weighted by Crippen LogP contribution is 2.33. The van der Waals surface area contributed by atoms with Crippen LogP contribution in [0.4, 0.5) is 9.52 Å². The molecule has 1 N–H and O–H groups in total. The van der Waals surface area contributed by atoms with Gasteiger partial charge in [-0.15, -0.1) is 0 Å². The lowest BCUT2D eigenvalue weighted by Gasteiger charge is -2.37. The van der Waals surface area contributed by atoms with Crippen LogP contribution < -0.4 is 10.2 Å². The quantitative estimate of drug-likeness (QED) is 0.720. The third kappa shape index (κ3) is 3.52. The Bertz CT molecular complexity index is 938. The Morgan fingerprint density at radius 1 is 1.27 bits per heavy atom. The molecule has 26 heavy (non-hydrogen) atoms. The summed E-state index contributed by atoms with van der Waals surface area (Å²) in [6, 6.07) is 12.6. The van der Waals surface area contributed by atoms with Crippen LogP contribution in [-0.4, -0.2) is 30.5 Å². The Hall–Kier alpha value is -2.18. The van der Waals surface area contributed by atoms with E-state index in [4.69, 9.17) is 11.6 Å². The van der Waals surface area contributed by atoms with Gasteiger partial charge in [-0.1, -0.05) is 41.1 Å². The number of hydrogen-bond acceptors (Lipinski definition) is 4. The minimum absolute atomic E-state index is 0.0444. The Morgan fingerprint density at radius 3 is 2.77 bits per heavy atom. The van der Waals surface area contributed by atoms with Gasteiger partial charge in [0.05, 0.1) is 10.6 Å². The van der Waals surface area contributed by atoms with Gasteiger partial charge in [-0.25, -0.2) is 9.37 Å². The van der Waals surface area contributed by atoms with Gasteiger partial charge < -0.3 is 10.2 Å². The van der Waals surface area contributed by atoms with Crippen molar-refractivity contribution < 1.29 is 9.18 Å². The van der Waals surface area contributed by atoms with E-state index in [9.17, 15) is 9.18 Å². The summed E-state index contributed by atoms with van der Waals surface area (Å²) < 4.78 is 14.6. The number of benzene rings is 2. The molecule has 1 fully saturated rings. The van der Waals surface area contributed by atoms with Crippen LogP contribution in [0.2, 0.25) is 5.02 Å². The van der Waals surface area contributed by atoms with Crippen LogP contribution in [0.15, 0.2) is 42.5 Å². The number of rotatable bonds is 5. The smallest absolute Gasteiger partial charge is 0.226 e. The molecule has 7 heteroatoms. The molecule has 0 saturated carbocycles. The molecular weight excluding hydrogens is 373 g/mol. The van der Waals surface area contributed by atoms with Crippen molar-refractivity contribution in [2.75, 3.05) is 24.5 Å². The second kappa shape index (κ2) is 7.21. The van der Waals surface area contributed by atoms with E-state index in [-0.39, 0.29) is 17.6 Å². The number of hydrogen-bond donors (Lipinski definition) is 1. The van der Waals surface area contributed by atoms with Crippen LogP contribution in [0.1, 0.15) is 5.56 Å². The van der Waals surface area contributed by atoms with Gasteiger partial charge >= 0.3 is 0 Å². The number of thiazole rings is 1. The Kier molecular flexibility index (Phi) is 4.78. The van der Waals surface area contributed by atoms with Crippen LogP contribution in [-0.2, 0) is 11.2 Å². The number of anilines is 1. The first-order valence-corrected chi connectivity index (χ1v) is 9.62. The molecule has 4 rings (SSSR count). The van der Waals surface area contributed by atoms with E-state index in [1.165, 1.54) is 17.4 Å². The average molecular weight is 390 g/mol. The van der Waals surface area contributed by atoms with E-state index in [0.29, 0.717) is 30.2 Å². The summed E-state index contributed by atoms with van der Waals surface area (Å²) >= 11 is 7.32. The number of halogens is 2. The van der Waals surface area contributed by atoms with Crippen LogP contribution >= 0.6 is 22.9 Å². The zero-order chi connectivity index (χ0) is 18.1. The third-order valence-corrected chi connectivity index (χ3v) is 5.84. The number of amides is 1. The van der Waals surface area contributed by atoms with Gasteiger partial charge in [0.25, 0.3) is 0 Å². The molecule has 1 aliphatic rings. The molecule has 3 aromatic rings. The summed E-state index contributed by atoms with van der Waals surface area (Å²) in [5, 5.41) is 4.46. The number of para-hydroxylation sites is 1. The molecule has 0 atom stereocenters. The zero-order valence-electron chi connectivity index (χ0n) is 13.9. The van der Waals surface area contributed by atoms with E-state index in [1.54, 1.807) is 6.07 Å². The molecule has 2 aromatic carbocycles. The van der Waals surface area contributed by atoms with E-state index in [0.717, 1.165) is 21.8 Å². The Morgan fingerprint density at radius 2 is 2.04 bits per heavy atom. The van der Waals surface area contributed by atoms with Gasteiger partial charge in [0.15, 0.2) is 5.13 Å². The highest BCUT2D eigenvalue weighted by atomic mass is 35.5. The van der Waals surface area contributed by atoms with Crippen molar-refractivity contribution in [3.8, 4) is 0 Å². The zero-order valence-corrected chi connectivity index (χ0v) is 15.5. The Labute approximate surface area is 159 Å². The molecule has 2 heterocycles. The lowest BCUT2D eigenvalue weighted by atomic mass is 10.00. The fourth-order valence-electron chi connectivity index (χ4n) is 2.96. The molecule has 1 aromatic heterocycles. The lowest BCUT2D eigenvalue weighted by molar-refractivity contribution is -0.125. The first-order chi connectivity index (χ1) is 12.6. The molecule has 0 unspecified atom stereocenters. The predicted octanol–water partition coefficient (Wildman–Crippen LogP) is 3.88.